The molecule has 2 heterocycles. The van der Waals surface area contributed by atoms with Crippen LogP contribution in [0.1, 0.15) is 25.8 Å². The van der Waals surface area contributed by atoms with Crippen molar-refractivity contribution >= 4 is 29.2 Å². The lowest BCUT2D eigenvalue weighted by molar-refractivity contribution is -0.137. The van der Waals surface area contributed by atoms with Gasteiger partial charge in [0.1, 0.15) is 17.2 Å². The summed E-state index contributed by atoms with van der Waals surface area (Å²) < 4.78 is 39.1. The van der Waals surface area contributed by atoms with Crippen LogP contribution in [0.2, 0.25) is 0 Å². The van der Waals surface area contributed by atoms with Crippen molar-refractivity contribution in [3.8, 4) is 0 Å². The Labute approximate surface area is 172 Å². The number of amides is 1. The van der Waals surface area contributed by atoms with Gasteiger partial charge in [0.15, 0.2) is 0 Å². The third-order valence-corrected chi connectivity index (χ3v) is 5.60. The molecule has 0 aliphatic carbocycles. The molecule has 0 saturated carbocycles. The predicted octanol–water partition coefficient (Wildman–Crippen LogP) is 4.71. The molecule has 0 radical (unpaired) electrons. The molecule has 29 heavy (non-hydrogen) atoms. The Balaban J connectivity index is 1.62. The van der Waals surface area contributed by atoms with Crippen LogP contribution in [-0.4, -0.2) is 34.7 Å². The van der Waals surface area contributed by atoms with E-state index in [2.05, 4.69) is 34.0 Å². The predicted molar refractivity (Wildman–Crippen MR) is 108 cm³/mol. The van der Waals surface area contributed by atoms with Gasteiger partial charge in [-0.25, -0.2) is 9.97 Å². The lowest BCUT2D eigenvalue weighted by Crippen LogP contribution is -2.39. The number of piperidine rings is 1. The number of thioether (sulfide) groups is 1. The van der Waals surface area contributed by atoms with Crippen LogP contribution in [-0.2, 0) is 11.0 Å². The fourth-order valence-electron chi connectivity index (χ4n) is 3.60. The number of hydrogen-bond acceptors (Lipinski definition) is 5. The number of benzene rings is 1. The molecule has 0 spiro atoms. The van der Waals surface area contributed by atoms with Crippen molar-refractivity contribution in [1.29, 1.82) is 0 Å². The van der Waals surface area contributed by atoms with Gasteiger partial charge in [-0.3, -0.25) is 4.79 Å². The highest BCUT2D eigenvalue weighted by Crippen LogP contribution is 2.34. The van der Waals surface area contributed by atoms with Crippen molar-refractivity contribution in [2.24, 2.45) is 11.8 Å². The standard InChI is InChI=1S/C20H23F3N4OS/c1-13-7-14(2)10-27(9-13)17-8-19(25-12-24-17)29-11-18(28)26-16-6-4-3-5-15(16)20(21,22)23/h3-6,8,12-14H,7,9-11H2,1-2H3,(H,26,28)/t13-,14-/m0/s1. The van der Waals surface area contributed by atoms with Crippen LogP contribution in [0.3, 0.4) is 0 Å². The Morgan fingerprint density at radius 1 is 1.21 bits per heavy atom. The first-order valence-corrected chi connectivity index (χ1v) is 10.4. The highest BCUT2D eigenvalue weighted by Gasteiger charge is 2.33. The maximum atomic E-state index is 13.0. The van der Waals surface area contributed by atoms with Gasteiger partial charge in [-0.2, -0.15) is 13.2 Å². The van der Waals surface area contributed by atoms with Gasteiger partial charge < -0.3 is 10.2 Å². The Morgan fingerprint density at radius 2 is 1.90 bits per heavy atom. The lowest BCUT2D eigenvalue weighted by Gasteiger charge is -2.35. The second-order valence-corrected chi connectivity index (χ2v) is 8.44. The summed E-state index contributed by atoms with van der Waals surface area (Å²) in [4.78, 5) is 22.9. The van der Waals surface area contributed by atoms with E-state index in [4.69, 9.17) is 0 Å². The second kappa shape index (κ2) is 9.02. The number of aromatic nitrogens is 2. The highest BCUT2D eigenvalue weighted by molar-refractivity contribution is 7.99. The summed E-state index contributed by atoms with van der Waals surface area (Å²) >= 11 is 1.17. The summed E-state index contributed by atoms with van der Waals surface area (Å²) in [6.07, 6.45) is -1.89. The van der Waals surface area contributed by atoms with Crippen LogP contribution in [0.5, 0.6) is 0 Å². The Bertz CT molecular complexity index is 852. The van der Waals surface area contributed by atoms with Crippen LogP contribution in [0, 0.1) is 11.8 Å². The van der Waals surface area contributed by atoms with E-state index in [0.29, 0.717) is 16.9 Å². The SMILES string of the molecule is C[C@H]1C[C@H](C)CN(c2cc(SCC(=O)Nc3ccccc3C(F)(F)F)ncn2)C1. The molecule has 1 N–H and O–H groups in total. The molecule has 1 fully saturated rings. The fraction of sp³-hybridized carbons (Fsp3) is 0.450. The summed E-state index contributed by atoms with van der Waals surface area (Å²) in [6.45, 7) is 6.26. The van der Waals surface area contributed by atoms with E-state index in [-0.39, 0.29) is 11.4 Å². The largest absolute Gasteiger partial charge is 0.418 e. The van der Waals surface area contributed by atoms with Crippen molar-refractivity contribution < 1.29 is 18.0 Å². The Hall–Kier alpha value is -2.29. The molecule has 1 aromatic heterocycles. The summed E-state index contributed by atoms with van der Waals surface area (Å²) in [7, 11) is 0. The topological polar surface area (TPSA) is 58.1 Å². The normalized spacial score (nSPS) is 19.8. The van der Waals surface area contributed by atoms with E-state index >= 15 is 0 Å². The van der Waals surface area contributed by atoms with E-state index in [9.17, 15) is 18.0 Å². The third-order valence-electron chi connectivity index (χ3n) is 4.68. The van der Waals surface area contributed by atoms with Crippen molar-refractivity contribution in [1.82, 2.24) is 9.97 Å². The van der Waals surface area contributed by atoms with E-state index in [1.54, 1.807) is 0 Å². The van der Waals surface area contributed by atoms with Crippen molar-refractivity contribution in [2.75, 3.05) is 29.1 Å². The molecule has 1 aromatic carbocycles. The van der Waals surface area contributed by atoms with Gasteiger partial charge in [0.05, 0.1) is 17.0 Å². The maximum Gasteiger partial charge on any atom is 0.418 e. The minimum atomic E-state index is -4.53. The molecule has 1 aliphatic rings. The number of carbonyl (C=O) groups excluding carboxylic acids is 1. The molecule has 1 aliphatic heterocycles. The monoisotopic (exact) mass is 424 g/mol. The van der Waals surface area contributed by atoms with Gasteiger partial charge in [-0.1, -0.05) is 37.7 Å². The van der Waals surface area contributed by atoms with Gasteiger partial charge in [0, 0.05) is 19.2 Å². The van der Waals surface area contributed by atoms with Crippen LogP contribution in [0.15, 0.2) is 41.7 Å². The Kier molecular flexibility index (Phi) is 6.66. The first-order chi connectivity index (χ1) is 13.7. The van der Waals surface area contributed by atoms with E-state index in [1.165, 1.54) is 42.7 Å². The molecule has 3 rings (SSSR count). The van der Waals surface area contributed by atoms with E-state index in [1.807, 2.05) is 6.07 Å². The van der Waals surface area contributed by atoms with Crippen molar-refractivity contribution in [2.45, 2.75) is 31.5 Å². The van der Waals surface area contributed by atoms with E-state index < -0.39 is 17.6 Å². The number of anilines is 2. The van der Waals surface area contributed by atoms with Gasteiger partial charge in [0.25, 0.3) is 0 Å². The number of rotatable bonds is 5. The van der Waals surface area contributed by atoms with Gasteiger partial charge in [0.2, 0.25) is 5.91 Å². The zero-order valence-corrected chi connectivity index (χ0v) is 17.1. The number of nitrogens with zero attached hydrogens (tertiary/aromatic N) is 3. The average Bonchev–Trinajstić information content (AvgIpc) is 2.65. The van der Waals surface area contributed by atoms with Crippen LogP contribution < -0.4 is 10.2 Å². The first-order valence-electron chi connectivity index (χ1n) is 9.38. The summed E-state index contributed by atoms with van der Waals surface area (Å²) in [6, 6.07) is 6.76. The number of hydrogen-bond donors (Lipinski definition) is 1. The zero-order valence-electron chi connectivity index (χ0n) is 16.2. The first kappa shape index (κ1) is 21.4. The quantitative estimate of drug-likeness (QED) is 0.557. The van der Waals surface area contributed by atoms with Crippen molar-refractivity contribution in [3.63, 3.8) is 0 Å². The number of para-hydroxylation sites is 1. The molecule has 2 atom stereocenters. The molecule has 0 bridgehead atoms. The highest BCUT2D eigenvalue weighted by atomic mass is 32.2. The van der Waals surface area contributed by atoms with Gasteiger partial charge >= 0.3 is 6.18 Å². The number of halogens is 3. The van der Waals surface area contributed by atoms with Gasteiger partial charge in [-0.05, 0) is 30.4 Å². The average molecular weight is 424 g/mol. The fourth-order valence-corrected chi connectivity index (χ4v) is 4.26. The minimum absolute atomic E-state index is 0.0462. The van der Waals surface area contributed by atoms with E-state index in [0.717, 1.165) is 25.0 Å². The summed E-state index contributed by atoms with van der Waals surface area (Å²) in [5, 5.41) is 2.95. The van der Waals surface area contributed by atoms with Gasteiger partial charge in [-0.15, -0.1) is 0 Å². The number of nitrogens with one attached hydrogen (secondary N) is 1. The molecular weight excluding hydrogens is 401 g/mol. The minimum Gasteiger partial charge on any atom is -0.356 e. The van der Waals surface area contributed by atoms with Crippen LogP contribution >= 0.6 is 11.8 Å². The lowest BCUT2D eigenvalue weighted by atomic mass is 9.92. The molecule has 156 valence electrons. The molecule has 2 aromatic rings. The molecule has 5 nitrogen and oxygen atoms in total. The molecule has 1 amide bonds. The van der Waals surface area contributed by atoms with Crippen LogP contribution in [0.25, 0.3) is 0 Å². The Morgan fingerprint density at radius 3 is 2.59 bits per heavy atom. The smallest absolute Gasteiger partial charge is 0.356 e. The van der Waals surface area contributed by atoms with Crippen molar-refractivity contribution in [3.05, 3.63) is 42.2 Å². The van der Waals surface area contributed by atoms with Crippen LogP contribution in [0.4, 0.5) is 24.7 Å². The molecular formula is C20H23F3N4OS. The molecule has 1 saturated heterocycles. The summed E-state index contributed by atoms with van der Waals surface area (Å²) in [5.74, 6) is 1.39. The molecule has 0 unspecified atom stereocenters. The third kappa shape index (κ3) is 5.85. The zero-order chi connectivity index (χ0) is 21.0. The number of carbonyl (C=O) groups is 1. The molecule has 9 heteroatoms. The maximum absolute atomic E-state index is 13.0. The second-order valence-electron chi connectivity index (χ2n) is 7.45. The number of alkyl halides is 3. The summed E-state index contributed by atoms with van der Waals surface area (Å²) in [5.41, 5.74) is -1.11.